The van der Waals surface area contributed by atoms with Gasteiger partial charge < -0.3 is 19.5 Å². The van der Waals surface area contributed by atoms with Crippen molar-refractivity contribution in [2.45, 2.75) is 38.5 Å². The quantitative estimate of drug-likeness (QED) is 0.878. The van der Waals surface area contributed by atoms with Gasteiger partial charge >= 0.3 is 0 Å². The molecular formula is C17H23NO4. The molecular weight excluding hydrogens is 282 g/mol. The van der Waals surface area contributed by atoms with Gasteiger partial charge in [0.15, 0.2) is 18.1 Å². The monoisotopic (exact) mass is 305 g/mol. The van der Waals surface area contributed by atoms with Crippen molar-refractivity contribution in [3.05, 3.63) is 18.2 Å². The number of hydrogen-bond acceptors (Lipinski definition) is 4. The SMILES string of the molecule is O=C(COc1ccc2c(c1)OCO2)NCCC1CCCCC1. The topological polar surface area (TPSA) is 56.8 Å². The van der Waals surface area contributed by atoms with Gasteiger partial charge in [0.1, 0.15) is 5.75 Å². The average Bonchev–Trinajstić information content (AvgIpc) is 3.01. The Morgan fingerprint density at radius 2 is 2.00 bits per heavy atom. The van der Waals surface area contributed by atoms with Gasteiger partial charge in [0.05, 0.1) is 0 Å². The van der Waals surface area contributed by atoms with Crippen LogP contribution in [0.25, 0.3) is 0 Å². The molecule has 1 aliphatic carbocycles. The van der Waals surface area contributed by atoms with E-state index in [1.807, 2.05) is 0 Å². The van der Waals surface area contributed by atoms with Gasteiger partial charge in [0.25, 0.3) is 5.91 Å². The fourth-order valence-electron chi connectivity index (χ4n) is 3.06. The minimum absolute atomic E-state index is 0.0321. The van der Waals surface area contributed by atoms with Gasteiger partial charge in [-0.1, -0.05) is 32.1 Å². The Morgan fingerprint density at radius 1 is 1.18 bits per heavy atom. The van der Waals surface area contributed by atoms with E-state index in [1.54, 1.807) is 18.2 Å². The molecule has 3 rings (SSSR count). The zero-order valence-corrected chi connectivity index (χ0v) is 12.8. The Morgan fingerprint density at radius 3 is 2.86 bits per heavy atom. The Kier molecular flexibility index (Phi) is 5.03. The highest BCUT2D eigenvalue weighted by molar-refractivity contribution is 5.77. The van der Waals surface area contributed by atoms with Crippen LogP contribution in [-0.4, -0.2) is 25.9 Å². The number of ether oxygens (including phenoxy) is 3. The van der Waals surface area contributed by atoms with Crippen molar-refractivity contribution in [2.24, 2.45) is 5.92 Å². The summed E-state index contributed by atoms with van der Waals surface area (Å²) in [4.78, 5) is 11.8. The number of hydrogen-bond donors (Lipinski definition) is 1. The third-order valence-corrected chi connectivity index (χ3v) is 4.31. The first kappa shape index (κ1) is 15.0. The first-order chi connectivity index (χ1) is 10.8. The maximum Gasteiger partial charge on any atom is 0.257 e. The highest BCUT2D eigenvalue weighted by Crippen LogP contribution is 2.35. The third-order valence-electron chi connectivity index (χ3n) is 4.31. The Labute approximate surface area is 130 Å². The molecule has 0 bridgehead atoms. The number of fused-ring (bicyclic) bond motifs is 1. The lowest BCUT2D eigenvalue weighted by atomic mass is 9.87. The average molecular weight is 305 g/mol. The molecule has 22 heavy (non-hydrogen) atoms. The third kappa shape index (κ3) is 4.06. The van der Waals surface area contributed by atoms with Gasteiger partial charge in [0.2, 0.25) is 6.79 Å². The van der Waals surface area contributed by atoms with Crippen LogP contribution in [0.15, 0.2) is 18.2 Å². The summed E-state index contributed by atoms with van der Waals surface area (Å²) in [6.07, 6.45) is 7.74. The minimum atomic E-state index is -0.0755. The van der Waals surface area contributed by atoms with Crippen LogP contribution in [0.5, 0.6) is 17.2 Å². The molecule has 1 amide bonds. The molecule has 0 radical (unpaired) electrons. The van der Waals surface area contributed by atoms with Gasteiger partial charge in [-0.25, -0.2) is 0 Å². The number of carbonyl (C=O) groups excluding carboxylic acids is 1. The lowest BCUT2D eigenvalue weighted by molar-refractivity contribution is -0.123. The summed E-state index contributed by atoms with van der Waals surface area (Å²) in [7, 11) is 0. The molecule has 1 aromatic rings. The van der Waals surface area contributed by atoms with E-state index in [-0.39, 0.29) is 19.3 Å². The normalized spacial score (nSPS) is 17.3. The second kappa shape index (κ2) is 7.38. The number of benzene rings is 1. The molecule has 0 aromatic heterocycles. The van der Waals surface area contributed by atoms with Crippen molar-refractivity contribution in [1.82, 2.24) is 5.32 Å². The predicted octanol–water partition coefficient (Wildman–Crippen LogP) is 2.88. The summed E-state index contributed by atoms with van der Waals surface area (Å²) in [5, 5.41) is 2.93. The van der Waals surface area contributed by atoms with E-state index in [1.165, 1.54) is 32.1 Å². The summed E-state index contributed by atoms with van der Waals surface area (Å²) in [5.41, 5.74) is 0. The van der Waals surface area contributed by atoms with E-state index in [2.05, 4.69) is 5.32 Å². The van der Waals surface area contributed by atoms with Crippen molar-refractivity contribution < 1.29 is 19.0 Å². The first-order valence-electron chi connectivity index (χ1n) is 8.10. The van der Waals surface area contributed by atoms with Crippen molar-refractivity contribution >= 4 is 5.91 Å². The fraction of sp³-hybridized carbons (Fsp3) is 0.588. The molecule has 0 spiro atoms. The molecule has 1 aliphatic heterocycles. The van der Waals surface area contributed by atoms with Gasteiger partial charge in [0, 0.05) is 12.6 Å². The second-order valence-electron chi connectivity index (χ2n) is 5.95. The van der Waals surface area contributed by atoms with Crippen molar-refractivity contribution in [3.8, 4) is 17.2 Å². The Hall–Kier alpha value is -1.91. The maximum atomic E-state index is 11.8. The van der Waals surface area contributed by atoms with Crippen LogP contribution in [0.3, 0.4) is 0 Å². The van der Waals surface area contributed by atoms with Crippen LogP contribution in [0.2, 0.25) is 0 Å². The summed E-state index contributed by atoms with van der Waals surface area (Å²) >= 11 is 0. The lowest BCUT2D eigenvalue weighted by Crippen LogP contribution is -2.30. The van der Waals surface area contributed by atoms with Gasteiger partial charge in [-0.05, 0) is 24.5 Å². The summed E-state index contributed by atoms with van der Waals surface area (Å²) in [6.45, 7) is 1.01. The zero-order valence-electron chi connectivity index (χ0n) is 12.8. The number of rotatable bonds is 6. The molecule has 5 heteroatoms. The van der Waals surface area contributed by atoms with Gasteiger partial charge in [-0.15, -0.1) is 0 Å². The van der Waals surface area contributed by atoms with Crippen LogP contribution in [0.4, 0.5) is 0 Å². The van der Waals surface area contributed by atoms with Gasteiger partial charge in [-0.3, -0.25) is 4.79 Å². The van der Waals surface area contributed by atoms with Crippen molar-refractivity contribution in [2.75, 3.05) is 19.9 Å². The van der Waals surface area contributed by atoms with Gasteiger partial charge in [-0.2, -0.15) is 0 Å². The zero-order chi connectivity index (χ0) is 15.2. The Balaban J connectivity index is 1.35. The highest BCUT2D eigenvalue weighted by atomic mass is 16.7. The second-order valence-corrected chi connectivity index (χ2v) is 5.95. The number of nitrogens with one attached hydrogen (secondary N) is 1. The smallest absolute Gasteiger partial charge is 0.257 e. The van der Waals surface area contributed by atoms with Crippen LogP contribution >= 0.6 is 0 Å². The molecule has 0 unspecified atom stereocenters. The van der Waals surface area contributed by atoms with E-state index in [0.717, 1.165) is 18.9 Å². The van der Waals surface area contributed by atoms with Crippen LogP contribution < -0.4 is 19.5 Å². The molecule has 2 aliphatic rings. The largest absolute Gasteiger partial charge is 0.484 e. The standard InChI is InChI=1S/C17H23NO4/c19-17(18-9-8-13-4-2-1-3-5-13)11-20-14-6-7-15-16(10-14)22-12-21-15/h6-7,10,13H,1-5,8-9,11-12H2,(H,18,19). The van der Waals surface area contributed by atoms with Crippen molar-refractivity contribution in [1.29, 1.82) is 0 Å². The molecule has 1 fully saturated rings. The van der Waals surface area contributed by atoms with E-state index >= 15 is 0 Å². The molecule has 1 aromatic carbocycles. The molecule has 1 saturated carbocycles. The lowest BCUT2D eigenvalue weighted by Gasteiger charge is -2.21. The van der Waals surface area contributed by atoms with E-state index in [4.69, 9.17) is 14.2 Å². The Bertz CT molecular complexity index is 511. The predicted molar refractivity (Wildman–Crippen MR) is 82.3 cm³/mol. The van der Waals surface area contributed by atoms with Crippen molar-refractivity contribution in [3.63, 3.8) is 0 Å². The fourth-order valence-corrected chi connectivity index (χ4v) is 3.06. The minimum Gasteiger partial charge on any atom is -0.484 e. The first-order valence-corrected chi connectivity index (χ1v) is 8.10. The summed E-state index contributed by atoms with van der Waals surface area (Å²) in [5.74, 6) is 2.70. The summed E-state index contributed by atoms with van der Waals surface area (Å²) in [6, 6.07) is 5.32. The molecule has 5 nitrogen and oxygen atoms in total. The summed E-state index contributed by atoms with van der Waals surface area (Å²) < 4.78 is 16.0. The van der Waals surface area contributed by atoms with E-state index in [9.17, 15) is 4.79 Å². The molecule has 0 saturated heterocycles. The maximum absolute atomic E-state index is 11.8. The van der Waals surface area contributed by atoms with Crippen LogP contribution in [-0.2, 0) is 4.79 Å². The van der Waals surface area contributed by atoms with E-state index < -0.39 is 0 Å². The number of carbonyl (C=O) groups is 1. The highest BCUT2D eigenvalue weighted by Gasteiger charge is 2.15. The van der Waals surface area contributed by atoms with Crippen LogP contribution in [0.1, 0.15) is 38.5 Å². The molecule has 1 heterocycles. The van der Waals surface area contributed by atoms with E-state index in [0.29, 0.717) is 17.2 Å². The molecule has 0 atom stereocenters. The number of amides is 1. The molecule has 120 valence electrons. The molecule has 1 N–H and O–H groups in total. The van der Waals surface area contributed by atoms with Crippen LogP contribution in [0, 0.1) is 5.92 Å².